The van der Waals surface area contributed by atoms with Crippen LogP contribution < -0.4 is 9.47 Å². The van der Waals surface area contributed by atoms with Gasteiger partial charge in [-0.05, 0) is 53.8 Å². The fraction of sp³-hybridized carbons (Fsp3) is 0.216. The summed E-state index contributed by atoms with van der Waals surface area (Å²) in [6.45, 7) is 2.02. The lowest BCUT2D eigenvalue weighted by Crippen LogP contribution is -2.17. The molecular formula is C37H38N4O10S. The van der Waals surface area contributed by atoms with Crippen LogP contribution in [0, 0.1) is 0 Å². The second-order valence-electron chi connectivity index (χ2n) is 11.5. The minimum Gasteiger partial charge on any atom is -0.423 e. The van der Waals surface area contributed by atoms with Gasteiger partial charge in [0.25, 0.3) is 0 Å². The predicted octanol–water partition coefficient (Wildman–Crippen LogP) is 6.81. The molecule has 272 valence electrons. The number of hydrogen-bond acceptors (Lipinski definition) is 14. The van der Waals surface area contributed by atoms with Gasteiger partial charge >= 0.3 is 11.9 Å². The van der Waals surface area contributed by atoms with Crippen LogP contribution in [0.1, 0.15) is 63.2 Å². The third-order valence-corrected chi connectivity index (χ3v) is 8.68. The van der Waals surface area contributed by atoms with Gasteiger partial charge in [0.05, 0.1) is 28.2 Å². The van der Waals surface area contributed by atoms with Crippen LogP contribution in [-0.2, 0) is 47.1 Å². The third-order valence-electron chi connectivity index (χ3n) is 7.80. The summed E-state index contributed by atoms with van der Waals surface area (Å²) < 4.78 is 13.4. The molecule has 4 N–H and O–H groups in total. The number of imidazole rings is 1. The lowest BCUT2D eigenvalue weighted by Gasteiger charge is -2.14. The van der Waals surface area contributed by atoms with E-state index < -0.39 is 22.7 Å². The number of carbonyl (C=O) groups is 2. The molecule has 0 unspecified atom stereocenters. The van der Waals surface area contributed by atoms with Crippen molar-refractivity contribution in [1.29, 1.82) is 0 Å². The number of benzene rings is 3. The third kappa shape index (κ3) is 11.0. The Balaban J connectivity index is 1.39. The second kappa shape index (κ2) is 19.0. The highest BCUT2D eigenvalue weighted by molar-refractivity contribution is 7.09. The molecule has 0 saturated heterocycles. The largest absolute Gasteiger partial charge is 0.423 e. The highest BCUT2D eigenvalue weighted by Crippen LogP contribution is 2.25. The van der Waals surface area contributed by atoms with Crippen molar-refractivity contribution in [3.05, 3.63) is 141 Å². The van der Waals surface area contributed by atoms with Gasteiger partial charge in [-0.1, -0.05) is 67.9 Å². The molecule has 0 bridgehead atoms. The fourth-order valence-corrected chi connectivity index (χ4v) is 5.90. The molecule has 5 rings (SSSR count). The number of aryl methyl sites for hydroxylation is 1. The zero-order valence-corrected chi connectivity index (χ0v) is 29.0. The van der Waals surface area contributed by atoms with Crippen molar-refractivity contribution in [3.63, 3.8) is 0 Å². The van der Waals surface area contributed by atoms with Crippen molar-refractivity contribution in [2.24, 2.45) is 0 Å². The number of ether oxygens (including phenoxy) is 2. The molecule has 0 aliphatic heterocycles. The zero-order chi connectivity index (χ0) is 36.9. The van der Waals surface area contributed by atoms with Crippen molar-refractivity contribution in [2.75, 3.05) is 0 Å². The number of esters is 2. The van der Waals surface area contributed by atoms with E-state index >= 15 is 0 Å². The highest BCUT2D eigenvalue weighted by Gasteiger charge is 2.19. The number of hydrogen-bond donors (Lipinski definition) is 4. The van der Waals surface area contributed by atoms with E-state index in [1.807, 2.05) is 34.2 Å². The lowest BCUT2D eigenvalue weighted by molar-refractivity contribution is -0.497. The molecule has 2 heterocycles. The number of nitrogens with zero attached hydrogens (tertiary/aromatic N) is 4. The molecule has 0 radical (unpaired) electrons. The smallest absolute Gasteiger partial charge is 0.343 e. The van der Waals surface area contributed by atoms with Crippen molar-refractivity contribution < 1.29 is 49.6 Å². The van der Waals surface area contributed by atoms with E-state index in [1.54, 1.807) is 72.9 Å². The molecule has 0 aliphatic rings. The molecule has 0 saturated carbocycles. The summed E-state index contributed by atoms with van der Waals surface area (Å²) in [6.07, 6.45) is 6.39. The molecule has 15 heteroatoms. The number of rotatable bonds is 18. The van der Waals surface area contributed by atoms with Gasteiger partial charge in [-0.3, -0.25) is 20.8 Å². The summed E-state index contributed by atoms with van der Waals surface area (Å²) >= 11 is 1.51. The van der Waals surface area contributed by atoms with Crippen LogP contribution in [0.4, 0.5) is 0 Å². The van der Waals surface area contributed by atoms with Crippen LogP contribution in [-0.4, -0.2) is 53.1 Å². The number of unbranched alkanes of at least 4 members (excludes halogenated alkanes) is 1. The quantitative estimate of drug-likeness (QED) is 0.0320. The van der Waals surface area contributed by atoms with Crippen LogP contribution in [0.15, 0.2) is 102 Å². The standard InChI is InChI=1S/C37H38N4O10S/c1-2-3-14-35-38-22-31(20-30(21-32-11-8-19-52-32)37(43)51-34-13-7-5-10-29(34)25-49-41(46)47)39(35)23-26-15-17-27(18-16-26)36(42)50-33-12-6-4-9-28(33)24-48-40(44)45/h4-13,15-20,22,44-47H,2-3,14,21,23-25H2,1H3/b30-20+. The number of para-hydroxylation sites is 2. The van der Waals surface area contributed by atoms with Gasteiger partial charge in [0.15, 0.2) is 0 Å². The molecule has 52 heavy (non-hydrogen) atoms. The maximum Gasteiger partial charge on any atom is 0.343 e. The first kappa shape index (κ1) is 38.2. The fourth-order valence-electron chi connectivity index (χ4n) is 5.18. The molecule has 5 aromatic rings. The molecule has 0 aliphatic carbocycles. The Morgan fingerprint density at radius 3 is 2.06 bits per heavy atom. The zero-order valence-electron chi connectivity index (χ0n) is 28.2. The first-order valence-electron chi connectivity index (χ1n) is 16.3. The summed E-state index contributed by atoms with van der Waals surface area (Å²) in [5.41, 5.74) is 3.10. The molecule has 0 amide bonds. The van der Waals surface area contributed by atoms with Gasteiger partial charge in [0, 0.05) is 41.0 Å². The van der Waals surface area contributed by atoms with Gasteiger partial charge in [0.2, 0.25) is 0 Å². The SMILES string of the molecule is CCCCc1ncc(/C=C(\Cc2cccs2)C(=O)Oc2ccccc2CON(O)O)n1Cc1ccc(C(=O)Oc2ccccc2CON(O)O)cc1. The van der Waals surface area contributed by atoms with E-state index in [4.69, 9.17) is 40.1 Å². The Labute approximate surface area is 303 Å². The van der Waals surface area contributed by atoms with E-state index in [0.29, 0.717) is 47.3 Å². The number of aromatic nitrogens is 2. The second-order valence-corrected chi connectivity index (χ2v) is 12.5. The first-order chi connectivity index (χ1) is 25.2. The average molecular weight is 731 g/mol. The van der Waals surface area contributed by atoms with Crippen molar-refractivity contribution in [1.82, 2.24) is 20.3 Å². The predicted molar refractivity (Wildman–Crippen MR) is 186 cm³/mol. The summed E-state index contributed by atoms with van der Waals surface area (Å²) in [7, 11) is 0. The van der Waals surface area contributed by atoms with Crippen LogP contribution >= 0.6 is 11.3 Å². The van der Waals surface area contributed by atoms with Crippen molar-refractivity contribution in [2.45, 2.75) is 52.4 Å². The molecule has 2 aromatic heterocycles. The average Bonchev–Trinajstić information content (AvgIpc) is 3.79. The molecule has 0 atom stereocenters. The molecule has 0 fully saturated rings. The summed E-state index contributed by atoms with van der Waals surface area (Å²) in [5, 5.41) is 36.9. The summed E-state index contributed by atoms with van der Waals surface area (Å²) in [6, 6.07) is 24.0. The molecule has 0 spiro atoms. The maximum absolute atomic E-state index is 13.8. The van der Waals surface area contributed by atoms with E-state index in [9.17, 15) is 9.59 Å². The van der Waals surface area contributed by atoms with Gasteiger partial charge in [-0.25, -0.2) is 24.2 Å². The monoisotopic (exact) mass is 730 g/mol. The normalized spacial score (nSPS) is 11.7. The van der Waals surface area contributed by atoms with Gasteiger partial charge in [-0.2, -0.15) is 0 Å². The van der Waals surface area contributed by atoms with Gasteiger partial charge < -0.3 is 14.0 Å². The van der Waals surface area contributed by atoms with Crippen LogP contribution in [0.25, 0.3) is 6.08 Å². The Bertz CT molecular complexity index is 1940. The van der Waals surface area contributed by atoms with E-state index in [2.05, 4.69) is 11.8 Å². The summed E-state index contributed by atoms with van der Waals surface area (Å²) in [5.74, 6) is 0.0670. The Kier molecular flexibility index (Phi) is 13.9. The minimum absolute atomic E-state index is 0.209. The van der Waals surface area contributed by atoms with Gasteiger partial charge in [-0.15, -0.1) is 11.3 Å². The lowest BCUT2D eigenvalue weighted by atomic mass is 10.1. The van der Waals surface area contributed by atoms with Crippen LogP contribution in [0.2, 0.25) is 0 Å². The van der Waals surface area contributed by atoms with Crippen molar-refractivity contribution in [3.8, 4) is 11.5 Å². The van der Waals surface area contributed by atoms with Crippen molar-refractivity contribution >= 4 is 29.4 Å². The van der Waals surface area contributed by atoms with Gasteiger partial charge in [0.1, 0.15) is 30.5 Å². The Hall–Kier alpha value is -5.07. The first-order valence-corrected chi connectivity index (χ1v) is 17.2. The Morgan fingerprint density at radius 2 is 1.46 bits per heavy atom. The summed E-state index contributed by atoms with van der Waals surface area (Å²) in [4.78, 5) is 41.9. The van der Waals surface area contributed by atoms with E-state index in [0.717, 1.165) is 29.1 Å². The van der Waals surface area contributed by atoms with Crippen LogP contribution in [0.5, 0.6) is 11.5 Å². The van der Waals surface area contributed by atoms with Crippen LogP contribution in [0.3, 0.4) is 0 Å². The van der Waals surface area contributed by atoms with E-state index in [-0.39, 0.29) is 24.7 Å². The highest BCUT2D eigenvalue weighted by atomic mass is 32.1. The Morgan fingerprint density at radius 1 is 0.827 bits per heavy atom. The number of carbonyl (C=O) groups excluding carboxylic acids is 2. The van der Waals surface area contributed by atoms with E-state index in [1.165, 1.54) is 11.3 Å². The molecular weight excluding hydrogens is 692 g/mol. The number of thiophene rings is 1. The maximum atomic E-state index is 13.8. The molecule has 3 aromatic carbocycles. The molecule has 14 nitrogen and oxygen atoms in total. The minimum atomic E-state index is -0.603. The topological polar surface area (TPSA) is 176 Å².